The minimum Gasteiger partial charge on any atom is -0.470 e. The minimum atomic E-state index is -0.180. The van der Waals surface area contributed by atoms with Gasteiger partial charge in [-0.05, 0) is 26.7 Å². The van der Waals surface area contributed by atoms with Crippen molar-refractivity contribution in [1.29, 1.82) is 0 Å². The second kappa shape index (κ2) is 8.37. The Morgan fingerprint density at radius 3 is 2.75 bits per heavy atom. The number of hydrogen-bond donors (Lipinski definition) is 0. The van der Waals surface area contributed by atoms with E-state index in [9.17, 15) is 9.59 Å². The molecule has 1 amide bonds. The Bertz CT molecular complexity index is 911. The zero-order valence-electron chi connectivity index (χ0n) is 16.8. The maximum absolute atomic E-state index is 12.7. The van der Waals surface area contributed by atoms with Gasteiger partial charge in [-0.15, -0.1) is 0 Å². The molecule has 2 aromatic rings. The van der Waals surface area contributed by atoms with E-state index in [2.05, 4.69) is 15.0 Å². The summed E-state index contributed by atoms with van der Waals surface area (Å²) in [4.78, 5) is 41.4. The number of nitrogens with zero attached hydrogens (tertiary/aromatic N) is 6. The summed E-state index contributed by atoms with van der Waals surface area (Å²) in [7, 11) is 3.76. The molecule has 1 aliphatic heterocycles. The van der Waals surface area contributed by atoms with Crippen LogP contribution in [-0.4, -0.2) is 63.6 Å². The number of aromatic nitrogens is 4. The van der Waals surface area contributed by atoms with E-state index in [0.717, 1.165) is 12.8 Å². The first-order chi connectivity index (χ1) is 13.4. The third-order valence-electron chi connectivity index (χ3n) is 4.90. The lowest BCUT2D eigenvalue weighted by Gasteiger charge is -2.33. The van der Waals surface area contributed by atoms with E-state index in [1.807, 2.05) is 19.0 Å². The Balaban J connectivity index is 1.67. The van der Waals surface area contributed by atoms with Gasteiger partial charge in [0, 0.05) is 44.3 Å². The van der Waals surface area contributed by atoms with Crippen LogP contribution in [0.15, 0.2) is 23.5 Å². The Labute approximate surface area is 164 Å². The smallest absolute Gasteiger partial charge is 0.257 e. The molecular weight excluding hydrogens is 360 g/mol. The number of aryl methyl sites for hydroxylation is 1. The summed E-state index contributed by atoms with van der Waals surface area (Å²) in [6.45, 7) is 4.58. The highest BCUT2D eigenvalue weighted by Crippen LogP contribution is 2.24. The van der Waals surface area contributed by atoms with Gasteiger partial charge in [-0.3, -0.25) is 14.2 Å². The van der Waals surface area contributed by atoms with Crippen LogP contribution in [-0.2, 0) is 11.3 Å². The molecule has 2 aromatic heterocycles. The first kappa shape index (κ1) is 19.8. The normalized spacial score (nSPS) is 16.7. The van der Waals surface area contributed by atoms with Crippen LogP contribution in [0, 0.1) is 13.8 Å². The molecular formula is C19H26N6O3. The molecule has 3 heterocycles. The molecule has 1 atom stereocenters. The molecule has 0 spiro atoms. The van der Waals surface area contributed by atoms with Crippen LogP contribution in [0.25, 0.3) is 0 Å². The Morgan fingerprint density at radius 1 is 1.25 bits per heavy atom. The van der Waals surface area contributed by atoms with E-state index in [1.54, 1.807) is 31.1 Å². The largest absolute Gasteiger partial charge is 0.470 e. The number of hydrogen-bond acceptors (Lipinski definition) is 7. The number of anilines is 1. The summed E-state index contributed by atoms with van der Waals surface area (Å²) in [5.74, 6) is 0.993. The van der Waals surface area contributed by atoms with Crippen molar-refractivity contribution in [2.75, 3.05) is 32.1 Å². The van der Waals surface area contributed by atoms with E-state index in [-0.39, 0.29) is 24.1 Å². The quantitative estimate of drug-likeness (QED) is 0.750. The topological polar surface area (TPSA) is 93.4 Å². The molecule has 0 N–H and O–H groups in total. The zero-order chi connectivity index (χ0) is 20.3. The van der Waals surface area contributed by atoms with Crippen molar-refractivity contribution in [3.8, 4) is 5.88 Å². The Morgan fingerprint density at radius 2 is 2.00 bits per heavy atom. The van der Waals surface area contributed by atoms with E-state index < -0.39 is 0 Å². The van der Waals surface area contributed by atoms with Crippen LogP contribution < -0.4 is 15.2 Å². The first-order valence-corrected chi connectivity index (χ1v) is 9.32. The van der Waals surface area contributed by atoms with Gasteiger partial charge in [0.25, 0.3) is 11.4 Å². The van der Waals surface area contributed by atoms with E-state index in [1.165, 1.54) is 10.9 Å². The number of amides is 1. The molecule has 9 nitrogen and oxygen atoms in total. The zero-order valence-corrected chi connectivity index (χ0v) is 16.8. The number of piperidine rings is 1. The average molecular weight is 386 g/mol. The maximum Gasteiger partial charge on any atom is 0.257 e. The van der Waals surface area contributed by atoms with Crippen LogP contribution in [0.4, 0.5) is 5.82 Å². The summed E-state index contributed by atoms with van der Waals surface area (Å²) in [6.07, 6.45) is 6.14. The van der Waals surface area contributed by atoms with Crippen molar-refractivity contribution in [1.82, 2.24) is 24.4 Å². The van der Waals surface area contributed by atoms with Crippen LogP contribution in [0.5, 0.6) is 5.88 Å². The van der Waals surface area contributed by atoms with Gasteiger partial charge in [-0.25, -0.2) is 15.0 Å². The standard InChI is InChI=1S/C19H26N6O3/c1-13-14(2)22-12-25(19(13)27)11-16(26)24-9-5-6-15(10-24)28-18-17(23(3)4)20-7-8-21-18/h7-8,12,15H,5-6,9-11H2,1-4H3. The second-order valence-electron chi connectivity index (χ2n) is 7.19. The number of carbonyl (C=O) groups is 1. The van der Waals surface area contributed by atoms with E-state index >= 15 is 0 Å². The molecule has 1 fully saturated rings. The fourth-order valence-electron chi connectivity index (χ4n) is 3.16. The predicted octanol–water partition coefficient (Wildman–Crippen LogP) is 0.786. The molecule has 28 heavy (non-hydrogen) atoms. The highest BCUT2D eigenvalue weighted by molar-refractivity contribution is 5.76. The van der Waals surface area contributed by atoms with Gasteiger partial charge in [-0.1, -0.05) is 0 Å². The number of carbonyl (C=O) groups excluding carboxylic acids is 1. The third kappa shape index (κ3) is 4.29. The minimum absolute atomic E-state index is 0.0201. The van der Waals surface area contributed by atoms with Crippen molar-refractivity contribution in [3.63, 3.8) is 0 Å². The molecule has 1 aliphatic rings. The highest BCUT2D eigenvalue weighted by Gasteiger charge is 2.26. The molecule has 150 valence electrons. The lowest BCUT2D eigenvalue weighted by atomic mass is 10.1. The molecule has 0 bridgehead atoms. The van der Waals surface area contributed by atoms with Crippen molar-refractivity contribution >= 4 is 11.7 Å². The third-order valence-corrected chi connectivity index (χ3v) is 4.90. The van der Waals surface area contributed by atoms with Gasteiger partial charge in [0.05, 0.1) is 12.9 Å². The summed E-state index contributed by atoms with van der Waals surface area (Å²) in [5, 5.41) is 0. The van der Waals surface area contributed by atoms with Gasteiger partial charge in [0.1, 0.15) is 12.6 Å². The van der Waals surface area contributed by atoms with Gasteiger partial charge in [-0.2, -0.15) is 0 Å². The summed E-state index contributed by atoms with van der Waals surface area (Å²) in [6, 6.07) is 0. The summed E-state index contributed by atoms with van der Waals surface area (Å²) in [5.41, 5.74) is 1.07. The molecule has 0 radical (unpaired) electrons. The number of likely N-dealkylation sites (tertiary alicyclic amines) is 1. The SMILES string of the molecule is Cc1ncn(CC(=O)N2CCCC(Oc3nccnc3N(C)C)C2)c(=O)c1C. The summed E-state index contributed by atoms with van der Waals surface area (Å²) >= 11 is 0. The van der Waals surface area contributed by atoms with Crippen LogP contribution in [0.1, 0.15) is 24.1 Å². The first-order valence-electron chi connectivity index (χ1n) is 9.32. The molecule has 9 heteroatoms. The van der Waals surface area contributed by atoms with Gasteiger partial charge in [0.15, 0.2) is 5.82 Å². The maximum atomic E-state index is 12.7. The lowest BCUT2D eigenvalue weighted by Crippen LogP contribution is -2.46. The van der Waals surface area contributed by atoms with Gasteiger partial charge in [0.2, 0.25) is 5.91 Å². The van der Waals surface area contributed by atoms with Gasteiger partial charge < -0.3 is 14.5 Å². The van der Waals surface area contributed by atoms with Crippen LogP contribution in [0.3, 0.4) is 0 Å². The molecule has 0 aromatic carbocycles. The molecule has 1 saturated heterocycles. The monoisotopic (exact) mass is 386 g/mol. The van der Waals surface area contributed by atoms with E-state index in [4.69, 9.17) is 4.74 Å². The van der Waals surface area contributed by atoms with E-state index in [0.29, 0.717) is 36.0 Å². The Hall–Kier alpha value is -2.97. The van der Waals surface area contributed by atoms with Crippen LogP contribution in [0.2, 0.25) is 0 Å². The van der Waals surface area contributed by atoms with Crippen molar-refractivity contribution in [2.45, 2.75) is 39.3 Å². The average Bonchev–Trinajstić information content (AvgIpc) is 2.69. The second-order valence-corrected chi connectivity index (χ2v) is 7.19. The fraction of sp³-hybridized carbons (Fsp3) is 0.526. The number of rotatable bonds is 5. The molecule has 0 saturated carbocycles. The Kier molecular flexibility index (Phi) is 5.91. The number of ether oxygens (including phenoxy) is 1. The van der Waals surface area contributed by atoms with Crippen molar-refractivity contribution < 1.29 is 9.53 Å². The molecule has 0 aliphatic carbocycles. The fourth-order valence-corrected chi connectivity index (χ4v) is 3.16. The van der Waals surface area contributed by atoms with Crippen molar-refractivity contribution in [3.05, 3.63) is 40.3 Å². The van der Waals surface area contributed by atoms with Crippen LogP contribution >= 0.6 is 0 Å². The lowest BCUT2D eigenvalue weighted by molar-refractivity contribution is -0.134. The molecule has 1 unspecified atom stereocenters. The van der Waals surface area contributed by atoms with Crippen molar-refractivity contribution in [2.24, 2.45) is 0 Å². The summed E-state index contributed by atoms with van der Waals surface area (Å²) < 4.78 is 7.41. The predicted molar refractivity (Wildman–Crippen MR) is 105 cm³/mol. The van der Waals surface area contributed by atoms with Gasteiger partial charge >= 0.3 is 0 Å². The molecule has 3 rings (SSSR count). The highest BCUT2D eigenvalue weighted by atomic mass is 16.5.